The lowest BCUT2D eigenvalue weighted by Gasteiger charge is -2.29. The molecule has 3 aliphatic rings. The van der Waals surface area contributed by atoms with Crippen LogP contribution in [0, 0.1) is 34.5 Å². The maximum Gasteiger partial charge on any atom is 0.164 e. The molecule has 5 heterocycles. The number of pyridine rings is 2. The highest BCUT2D eigenvalue weighted by Gasteiger charge is 2.28. The molecular formula is C30H36N10O2. The van der Waals surface area contributed by atoms with Crippen LogP contribution < -0.4 is 21.3 Å². The predicted molar refractivity (Wildman–Crippen MR) is 157 cm³/mol. The van der Waals surface area contributed by atoms with Gasteiger partial charge in [-0.15, -0.1) is 5.53 Å². The van der Waals surface area contributed by atoms with Crippen molar-refractivity contribution in [1.82, 2.24) is 30.7 Å². The van der Waals surface area contributed by atoms with Gasteiger partial charge in [0.15, 0.2) is 17.8 Å². The van der Waals surface area contributed by atoms with Gasteiger partial charge in [0.2, 0.25) is 0 Å². The van der Waals surface area contributed by atoms with Gasteiger partial charge in [-0.1, -0.05) is 0 Å². The van der Waals surface area contributed by atoms with Crippen molar-refractivity contribution >= 4 is 22.4 Å². The normalized spacial score (nSPS) is 23.1. The molecule has 2 fully saturated rings. The molecule has 6 rings (SSSR count). The first-order valence-electron chi connectivity index (χ1n) is 14.8. The molecule has 218 valence electrons. The minimum absolute atomic E-state index is 0.00717. The molecule has 0 amide bonds. The second-order valence-electron chi connectivity index (χ2n) is 11.2. The first-order valence-corrected chi connectivity index (χ1v) is 14.8. The third kappa shape index (κ3) is 6.16. The van der Waals surface area contributed by atoms with Crippen molar-refractivity contribution in [3.05, 3.63) is 48.2 Å². The maximum atomic E-state index is 9.50. The summed E-state index contributed by atoms with van der Waals surface area (Å²) in [6.07, 6.45) is 16.1. The summed E-state index contributed by atoms with van der Waals surface area (Å²) < 4.78 is 13.3. The summed E-state index contributed by atoms with van der Waals surface area (Å²) in [5.41, 5.74) is 10.3. The van der Waals surface area contributed by atoms with Gasteiger partial charge in [-0.3, -0.25) is 5.01 Å². The Bertz CT molecular complexity index is 1510. The average molecular weight is 569 g/mol. The maximum absolute atomic E-state index is 9.50. The fraction of sp³-hybridized carbons (Fsp3) is 0.500. The minimum atomic E-state index is -0.423. The minimum Gasteiger partial charge on any atom is -0.368 e. The zero-order valence-electron chi connectivity index (χ0n) is 23.8. The monoisotopic (exact) mass is 568 g/mol. The van der Waals surface area contributed by atoms with Crippen molar-refractivity contribution in [2.24, 2.45) is 11.8 Å². The van der Waals surface area contributed by atoms with Gasteiger partial charge >= 0.3 is 0 Å². The van der Waals surface area contributed by atoms with Gasteiger partial charge in [0.05, 0.1) is 29.7 Å². The molecule has 0 aromatic carbocycles. The number of allylic oxidation sites excluding steroid dienone is 1. The summed E-state index contributed by atoms with van der Waals surface area (Å²) in [5, 5.41) is 29.1. The average Bonchev–Trinajstić information content (AvgIpc) is 3.69. The Morgan fingerprint density at radius 2 is 2.00 bits per heavy atom. The molecule has 3 aromatic heterocycles. The van der Waals surface area contributed by atoms with Crippen LogP contribution in [-0.2, 0) is 9.47 Å². The number of anilines is 2. The van der Waals surface area contributed by atoms with E-state index in [9.17, 15) is 10.5 Å². The molecule has 1 unspecified atom stereocenters. The van der Waals surface area contributed by atoms with Crippen molar-refractivity contribution in [1.29, 1.82) is 10.5 Å². The lowest BCUT2D eigenvalue weighted by Crippen LogP contribution is -2.38. The van der Waals surface area contributed by atoms with Gasteiger partial charge in [-0.2, -0.15) is 20.3 Å². The number of nitriles is 2. The van der Waals surface area contributed by atoms with Gasteiger partial charge in [0.1, 0.15) is 17.8 Å². The third-order valence-electron chi connectivity index (χ3n) is 8.29. The van der Waals surface area contributed by atoms with E-state index in [2.05, 4.69) is 49.7 Å². The van der Waals surface area contributed by atoms with E-state index in [0.29, 0.717) is 28.9 Å². The predicted octanol–water partition coefficient (Wildman–Crippen LogP) is 4.42. The van der Waals surface area contributed by atoms with E-state index >= 15 is 0 Å². The SMILES string of the molecule is C[C@H](C#N)Nc1cc(-n2ncc3cc(C#N)cnc32)ncc1N1C=C([C@H]2CC[C@H](CCOC3CCCCO3)CC2)NN1. The Balaban J connectivity index is 1.13. The molecular weight excluding hydrogens is 532 g/mol. The Morgan fingerprint density at radius 1 is 1.12 bits per heavy atom. The number of fused-ring (bicyclic) bond motifs is 1. The van der Waals surface area contributed by atoms with Crippen LogP contribution >= 0.6 is 0 Å². The van der Waals surface area contributed by atoms with Crippen molar-refractivity contribution in [2.45, 2.75) is 70.6 Å². The van der Waals surface area contributed by atoms with E-state index in [1.54, 1.807) is 30.1 Å². The Labute approximate surface area is 245 Å². The van der Waals surface area contributed by atoms with E-state index in [4.69, 9.17) is 9.47 Å². The number of ether oxygens (including phenoxy) is 2. The third-order valence-corrected chi connectivity index (χ3v) is 8.29. The summed E-state index contributed by atoms with van der Waals surface area (Å²) in [6, 6.07) is 7.53. The number of hydrogen-bond donors (Lipinski definition) is 3. The second-order valence-corrected chi connectivity index (χ2v) is 11.2. The number of aromatic nitrogens is 4. The number of hydrazine groups is 2. The highest BCUT2D eigenvalue weighted by atomic mass is 16.7. The van der Waals surface area contributed by atoms with Crippen LogP contribution in [0.4, 0.5) is 11.4 Å². The van der Waals surface area contributed by atoms with Crippen LogP contribution in [-0.4, -0.2) is 45.3 Å². The Hall–Kier alpha value is -4.23. The van der Waals surface area contributed by atoms with Crippen molar-refractivity contribution in [3.63, 3.8) is 0 Å². The smallest absolute Gasteiger partial charge is 0.164 e. The summed E-state index contributed by atoms with van der Waals surface area (Å²) in [7, 11) is 0. The van der Waals surface area contributed by atoms with Crippen LogP contribution in [0.5, 0.6) is 0 Å². The molecule has 0 spiro atoms. The molecule has 12 nitrogen and oxygen atoms in total. The van der Waals surface area contributed by atoms with E-state index in [-0.39, 0.29) is 6.29 Å². The fourth-order valence-corrected chi connectivity index (χ4v) is 5.91. The largest absolute Gasteiger partial charge is 0.368 e. The van der Waals surface area contributed by atoms with Crippen LogP contribution in [0.2, 0.25) is 0 Å². The van der Waals surface area contributed by atoms with Gasteiger partial charge in [-0.05, 0) is 70.3 Å². The lowest BCUT2D eigenvalue weighted by molar-refractivity contribution is -0.164. The number of rotatable bonds is 9. The summed E-state index contributed by atoms with van der Waals surface area (Å²) >= 11 is 0. The Morgan fingerprint density at radius 3 is 2.79 bits per heavy atom. The first-order chi connectivity index (χ1) is 20.6. The lowest BCUT2D eigenvalue weighted by atomic mass is 9.79. The van der Waals surface area contributed by atoms with E-state index < -0.39 is 6.04 Å². The molecule has 1 saturated carbocycles. The van der Waals surface area contributed by atoms with Crippen LogP contribution in [0.15, 0.2) is 42.6 Å². The van der Waals surface area contributed by atoms with Crippen LogP contribution in [0.3, 0.4) is 0 Å². The van der Waals surface area contributed by atoms with E-state index in [1.165, 1.54) is 25.5 Å². The van der Waals surface area contributed by atoms with Gasteiger partial charge in [-0.25, -0.2) is 9.97 Å². The highest BCUT2D eigenvalue weighted by Crippen LogP contribution is 2.36. The highest BCUT2D eigenvalue weighted by molar-refractivity contribution is 5.78. The molecule has 3 N–H and O–H groups in total. The summed E-state index contributed by atoms with van der Waals surface area (Å²) in [5.74, 6) is 1.69. The molecule has 1 saturated heterocycles. The van der Waals surface area contributed by atoms with Gasteiger partial charge in [0, 0.05) is 48.7 Å². The van der Waals surface area contributed by atoms with E-state index in [1.807, 2.05) is 11.1 Å². The fourth-order valence-electron chi connectivity index (χ4n) is 5.91. The molecule has 0 bridgehead atoms. The summed E-state index contributed by atoms with van der Waals surface area (Å²) in [4.78, 5) is 9.09. The van der Waals surface area contributed by atoms with Gasteiger partial charge < -0.3 is 20.2 Å². The number of nitrogens with zero attached hydrogens (tertiary/aromatic N) is 7. The molecule has 1 aliphatic carbocycles. The number of hydrogen-bond acceptors (Lipinski definition) is 11. The van der Waals surface area contributed by atoms with Crippen LogP contribution in [0.1, 0.15) is 63.9 Å². The molecule has 12 heteroatoms. The molecule has 0 radical (unpaired) electrons. The zero-order valence-corrected chi connectivity index (χ0v) is 23.8. The van der Waals surface area contributed by atoms with Crippen LogP contribution in [0.25, 0.3) is 16.9 Å². The van der Waals surface area contributed by atoms with Gasteiger partial charge in [0.25, 0.3) is 0 Å². The molecule has 2 atom stereocenters. The quantitative estimate of drug-likeness (QED) is 0.337. The van der Waals surface area contributed by atoms with Crippen molar-refractivity contribution in [3.8, 4) is 18.0 Å². The molecule has 3 aromatic rings. The Kier molecular flexibility index (Phi) is 8.47. The number of nitrogens with one attached hydrogen (secondary N) is 3. The molecule has 2 aliphatic heterocycles. The second kappa shape index (κ2) is 12.7. The van der Waals surface area contributed by atoms with E-state index in [0.717, 1.165) is 67.8 Å². The molecule has 42 heavy (non-hydrogen) atoms. The standard InChI is InChI=1S/C30H36N10O2/c1-20(14-31)36-25-13-28(40-30-24(17-35-40)12-22(15-32)16-34-30)33-18-27(25)39-19-26(37-38-39)23-7-5-21(6-8-23)9-11-42-29-4-2-3-10-41-29/h12-13,16-21,23,29,37-38H,2-11H2,1H3,(H,33,36)/t20-,21-,23-,29?/m1/s1. The summed E-state index contributed by atoms with van der Waals surface area (Å²) in [6.45, 7) is 3.41. The zero-order chi connectivity index (χ0) is 28.9. The topological polar surface area (TPSA) is 149 Å². The van der Waals surface area contributed by atoms with Crippen molar-refractivity contribution in [2.75, 3.05) is 23.5 Å². The first kappa shape index (κ1) is 27.9. The van der Waals surface area contributed by atoms with Crippen molar-refractivity contribution < 1.29 is 9.47 Å².